The maximum absolute atomic E-state index is 5.70. The van der Waals surface area contributed by atoms with Crippen molar-refractivity contribution >= 4 is 33.1 Å². The third-order valence-corrected chi connectivity index (χ3v) is 3.31. The van der Waals surface area contributed by atoms with Gasteiger partial charge in [0.05, 0.1) is 21.2 Å². The smallest absolute Gasteiger partial charge is 0.134 e. The molecule has 2 rings (SSSR count). The lowest BCUT2D eigenvalue weighted by Gasteiger charge is -2.06. The molecule has 0 unspecified atom stereocenters. The number of hydrogen-bond donors (Lipinski definition) is 1. The molecule has 1 aromatic carbocycles. The lowest BCUT2D eigenvalue weighted by molar-refractivity contribution is 0.308. The molecular formula is C10H9BrN2OS. The van der Waals surface area contributed by atoms with Crippen LogP contribution in [0.4, 0.5) is 5.69 Å². The first-order chi connectivity index (χ1) is 7.27. The number of nitrogen functional groups attached to an aromatic ring is 1. The number of halogens is 1. The summed E-state index contributed by atoms with van der Waals surface area (Å²) in [6, 6.07) is 7.71. The van der Waals surface area contributed by atoms with Crippen molar-refractivity contribution in [3.05, 3.63) is 39.8 Å². The Balaban J connectivity index is 2.06. The number of hydrogen-bond acceptors (Lipinski definition) is 4. The number of aromatic nitrogens is 1. The Morgan fingerprint density at radius 3 is 2.87 bits per heavy atom. The molecule has 0 aliphatic carbocycles. The molecule has 0 aliphatic rings. The Hall–Kier alpha value is -1.07. The van der Waals surface area contributed by atoms with E-state index in [4.69, 9.17) is 10.5 Å². The third-order valence-electron chi connectivity index (χ3n) is 1.87. The van der Waals surface area contributed by atoms with E-state index in [1.54, 1.807) is 6.20 Å². The number of benzene rings is 1. The van der Waals surface area contributed by atoms with E-state index in [1.807, 2.05) is 24.3 Å². The maximum Gasteiger partial charge on any atom is 0.134 e. The summed E-state index contributed by atoms with van der Waals surface area (Å²) in [5, 5.41) is 0. The van der Waals surface area contributed by atoms with E-state index >= 15 is 0 Å². The van der Waals surface area contributed by atoms with Crippen molar-refractivity contribution in [1.82, 2.24) is 4.37 Å². The van der Waals surface area contributed by atoms with E-state index in [0.29, 0.717) is 12.3 Å². The van der Waals surface area contributed by atoms with Crippen LogP contribution in [0.25, 0.3) is 0 Å². The SMILES string of the molecule is Nc1cnsc1COc1ccccc1Br. The molecule has 0 spiro atoms. The van der Waals surface area contributed by atoms with Crippen LogP contribution in [0.2, 0.25) is 0 Å². The van der Waals surface area contributed by atoms with Gasteiger partial charge in [-0.15, -0.1) is 0 Å². The van der Waals surface area contributed by atoms with Crippen LogP contribution in [0.1, 0.15) is 4.88 Å². The van der Waals surface area contributed by atoms with Gasteiger partial charge in [-0.3, -0.25) is 0 Å². The molecule has 3 nitrogen and oxygen atoms in total. The first kappa shape index (κ1) is 10.4. The highest BCUT2D eigenvalue weighted by Gasteiger charge is 2.04. The van der Waals surface area contributed by atoms with Gasteiger partial charge in [0.25, 0.3) is 0 Å². The van der Waals surface area contributed by atoms with Crippen molar-refractivity contribution in [2.45, 2.75) is 6.61 Å². The predicted molar refractivity (Wildman–Crippen MR) is 65.0 cm³/mol. The zero-order valence-corrected chi connectivity index (χ0v) is 10.2. The summed E-state index contributed by atoms with van der Waals surface area (Å²) in [5.74, 6) is 0.810. The number of anilines is 1. The van der Waals surface area contributed by atoms with Gasteiger partial charge in [0, 0.05) is 0 Å². The normalized spacial score (nSPS) is 10.2. The Morgan fingerprint density at radius 1 is 1.40 bits per heavy atom. The van der Waals surface area contributed by atoms with Gasteiger partial charge < -0.3 is 10.5 Å². The molecule has 0 fully saturated rings. The minimum absolute atomic E-state index is 0.457. The average Bonchev–Trinajstić information content (AvgIpc) is 2.63. The van der Waals surface area contributed by atoms with Gasteiger partial charge in [-0.1, -0.05) is 12.1 Å². The van der Waals surface area contributed by atoms with Crippen LogP contribution >= 0.6 is 27.5 Å². The molecule has 0 saturated heterocycles. The fourth-order valence-corrected chi connectivity index (χ4v) is 2.05. The van der Waals surface area contributed by atoms with Gasteiger partial charge in [0.2, 0.25) is 0 Å². The lowest BCUT2D eigenvalue weighted by atomic mass is 10.3. The third kappa shape index (κ3) is 2.49. The van der Waals surface area contributed by atoms with Crippen LogP contribution in [0.5, 0.6) is 5.75 Å². The molecule has 0 bridgehead atoms. The van der Waals surface area contributed by atoms with Crippen molar-refractivity contribution < 1.29 is 4.74 Å². The minimum atomic E-state index is 0.457. The van der Waals surface area contributed by atoms with E-state index in [2.05, 4.69) is 20.3 Å². The largest absolute Gasteiger partial charge is 0.487 e. The summed E-state index contributed by atoms with van der Waals surface area (Å²) in [7, 11) is 0. The number of para-hydroxylation sites is 1. The highest BCUT2D eigenvalue weighted by molar-refractivity contribution is 9.10. The van der Waals surface area contributed by atoms with Gasteiger partial charge in [-0.2, -0.15) is 4.37 Å². The molecule has 0 aliphatic heterocycles. The van der Waals surface area contributed by atoms with Crippen LogP contribution in [0.15, 0.2) is 34.9 Å². The summed E-state index contributed by atoms with van der Waals surface area (Å²) in [5.41, 5.74) is 6.39. The molecule has 78 valence electrons. The van der Waals surface area contributed by atoms with E-state index in [-0.39, 0.29) is 0 Å². The first-order valence-corrected chi connectivity index (χ1v) is 5.90. The van der Waals surface area contributed by atoms with E-state index in [0.717, 1.165) is 15.1 Å². The standard InChI is InChI=1S/C10H9BrN2OS/c11-7-3-1-2-4-9(7)14-6-10-8(12)5-13-15-10/h1-5H,6,12H2. The molecule has 2 N–H and O–H groups in total. The van der Waals surface area contributed by atoms with Gasteiger partial charge >= 0.3 is 0 Å². The Kier molecular flexibility index (Phi) is 3.23. The molecule has 0 radical (unpaired) electrons. The summed E-state index contributed by atoms with van der Waals surface area (Å²) in [4.78, 5) is 0.950. The molecule has 1 aromatic heterocycles. The Labute approximate surface area is 100 Å². The van der Waals surface area contributed by atoms with Crippen LogP contribution in [0.3, 0.4) is 0 Å². The first-order valence-electron chi connectivity index (χ1n) is 4.33. The molecule has 1 heterocycles. The summed E-state index contributed by atoms with van der Waals surface area (Å²) in [6.07, 6.45) is 1.64. The fraction of sp³-hybridized carbons (Fsp3) is 0.100. The molecule has 2 aromatic rings. The van der Waals surface area contributed by atoms with Crippen LogP contribution < -0.4 is 10.5 Å². The van der Waals surface area contributed by atoms with Crippen LogP contribution in [-0.4, -0.2) is 4.37 Å². The van der Waals surface area contributed by atoms with Crippen molar-refractivity contribution in [1.29, 1.82) is 0 Å². The average molecular weight is 285 g/mol. The monoisotopic (exact) mass is 284 g/mol. The maximum atomic E-state index is 5.70. The molecule has 0 saturated carbocycles. The number of nitrogens with zero attached hydrogens (tertiary/aromatic N) is 1. The molecule has 0 amide bonds. The highest BCUT2D eigenvalue weighted by Crippen LogP contribution is 2.26. The predicted octanol–water partition coefficient (Wildman–Crippen LogP) is 3.07. The summed E-state index contributed by atoms with van der Waals surface area (Å²) in [6.45, 7) is 0.457. The lowest BCUT2D eigenvalue weighted by Crippen LogP contribution is -1.96. The van der Waals surface area contributed by atoms with E-state index in [1.165, 1.54) is 11.5 Å². The second kappa shape index (κ2) is 4.63. The van der Waals surface area contributed by atoms with E-state index in [9.17, 15) is 0 Å². The Bertz CT molecular complexity index is 458. The Morgan fingerprint density at radius 2 is 2.20 bits per heavy atom. The topological polar surface area (TPSA) is 48.1 Å². The van der Waals surface area contributed by atoms with Crippen LogP contribution in [0, 0.1) is 0 Å². The van der Waals surface area contributed by atoms with Crippen molar-refractivity contribution in [2.24, 2.45) is 0 Å². The van der Waals surface area contributed by atoms with Gasteiger partial charge in [-0.25, -0.2) is 0 Å². The zero-order chi connectivity index (χ0) is 10.7. The molecule has 5 heteroatoms. The molecule has 15 heavy (non-hydrogen) atoms. The minimum Gasteiger partial charge on any atom is -0.487 e. The highest BCUT2D eigenvalue weighted by atomic mass is 79.9. The van der Waals surface area contributed by atoms with E-state index < -0.39 is 0 Å². The second-order valence-corrected chi connectivity index (χ2v) is 4.66. The fourth-order valence-electron chi connectivity index (χ4n) is 1.09. The number of ether oxygens (including phenoxy) is 1. The van der Waals surface area contributed by atoms with Gasteiger partial charge in [0.1, 0.15) is 12.4 Å². The van der Waals surface area contributed by atoms with Crippen molar-refractivity contribution in [3.8, 4) is 5.75 Å². The van der Waals surface area contributed by atoms with Gasteiger partial charge in [0.15, 0.2) is 0 Å². The van der Waals surface area contributed by atoms with Crippen molar-refractivity contribution in [2.75, 3.05) is 5.73 Å². The number of rotatable bonds is 3. The molecular weight excluding hydrogens is 276 g/mol. The van der Waals surface area contributed by atoms with Crippen molar-refractivity contribution in [3.63, 3.8) is 0 Å². The zero-order valence-electron chi connectivity index (χ0n) is 7.81. The quantitative estimate of drug-likeness (QED) is 0.942. The second-order valence-electron chi connectivity index (χ2n) is 2.92. The van der Waals surface area contributed by atoms with Gasteiger partial charge in [-0.05, 0) is 39.6 Å². The summed E-state index contributed by atoms with van der Waals surface area (Å²) >= 11 is 4.77. The van der Waals surface area contributed by atoms with Crippen LogP contribution in [-0.2, 0) is 6.61 Å². The summed E-state index contributed by atoms with van der Waals surface area (Å²) < 4.78 is 10.5. The number of nitrogens with two attached hydrogens (primary N) is 1. The molecule has 0 atom stereocenters.